The maximum atomic E-state index is 12.1. The van der Waals surface area contributed by atoms with Crippen LogP contribution >= 0.6 is 0 Å². The Kier molecular flexibility index (Phi) is 5.10. The summed E-state index contributed by atoms with van der Waals surface area (Å²) in [7, 11) is 1.93. The van der Waals surface area contributed by atoms with Gasteiger partial charge in [0, 0.05) is 18.3 Å². The lowest BCUT2D eigenvalue weighted by atomic mass is 10.2. The molecule has 2 rings (SSSR count). The third-order valence-corrected chi connectivity index (χ3v) is 3.56. The van der Waals surface area contributed by atoms with E-state index in [1.165, 1.54) is 0 Å². The number of likely N-dealkylation sites (tertiary alicyclic amines) is 1. The van der Waals surface area contributed by atoms with Gasteiger partial charge in [-0.15, -0.1) is 0 Å². The second-order valence-electron chi connectivity index (χ2n) is 5.06. The van der Waals surface area contributed by atoms with Crippen LogP contribution in [0, 0.1) is 11.3 Å². The molecule has 20 heavy (non-hydrogen) atoms. The molecule has 0 aromatic heterocycles. The number of nitrogens with one attached hydrogen (secondary N) is 2. The smallest absolute Gasteiger partial charge is 0.238 e. The summed E-state index contributed by atoms with van der Waals surface area (Å²) in [6.07, 6.45) is 2.28. The minimum atomic E-state index is -0.0249. The molecule has 0 bridgehead atoms. The molecule has 5 heteroatoms. The van der Waals surface area contributed by atoms with Gasteiger partial charge in [0.2, 0.25) is 5.91 Å². The summed E-state index contributed by atoms with van der Waals surface area (Å²) in [4.78, 5) is 14.3. The van der Waals surface area contributed by atoms with Crippen molar-refractivity contribution < 1.29 is 4.79 Å². The molecule has 5 nitrogen and oxygen atoms in total. The van der Waals surface area contributed by atoms with Crippen molar-refractivity contribution in [2.45, 2.75) is 18.9 Å². The van der Waals surface area contributed by atoms with Gasteiger partial charge in [0.15, 0.2) is 0 Å². The number of carbonyl (C=O) groups excluding carboxylic acids is 1. The lowest BCUT2D eigenvalue weighted by Crippen LogP contribution is -2.41. The molecule has 1 saturated heterocycles. The molecular weight excluding hydrogens is 252 g/mol. The Morgan fingerprint density at radius 2 is 2.40 bits per heavy atom. The standard InChI is InChI=1S/C15H20N4O/c1-17-10-14-6-3-7-19(14)11-15(20)18-13-5-2-4-12(8-13)9-16/h2,4-5,8,14,17H,3,6-7,10-11H2,1H3,(H,18,20). The van der Waals surface area contributed by atoms with E-state index in [2.05, 4.69) is 21.6 Å². The second kappa shape index (κ2) is 7.04. The number of benzene rings is 1. The van der Waals surface area contributed by atoms with Crippen molar-refractivity contribution in [1.29, 1.82) is 5.26 Å². The SMILES string of the molecule is CNCC1CCCN1CC(=O)Nc1cccc(C#N)c1. The van der Waals surface area contributed by atoms with Gasteiger partial charge >= 0.3 is 0 Å². The number of nitriles is 1. The van der Waals surface area contributed by atoms with E-state index in [9.17, 15) is 4.79 Å². The molecule has 1 fully saturated rings. The molecule has 1 aromatic rings. The molecule has 1 aromatic carbocycles. The predicted octanol–water partition coefficient (Wildman–Crippen LogP) is 1.18. The molecule has 0 spiro atoms. The van der Waals surface area contributed by atoms with Gasteiger partial charge in [0.05, 0.1) is 18.2 Å². The number of hydrogen-bond acceptors (Lipinski definition) is 4. The van der Waals surface area contributed by atoms with Gasteiger partial charge in [-0.05, 0) is 44.6 Å². The molecule has 1 atom stereocenters. The fourth-order valence-corrected chi connectivity index (χ4v) is 2.62. The Morgan fingerprint density at radius 3 is 3.15 bits per heavy atom. The first-order valence-corrected chi connectivity index (χ1v) is 6.91. The highest BCUT2D eigenvalue weighted by Crippen LogP contribution is 2.16. The van der Waals surface area contributed by atoms with Crippen molar-refractivity contribution in [3.63, 3.8) is 0 Å². The van der Waals surface area contributed by atoms with Crippen LogP contribution in [-0.2, 0) is 4.79 Å². The van der Waals surface area contributed by atoms with Gasteiger partial charge in [-0.25, -0.2) is 0 Å². The van der Waals surface area contributed by atoms with E-state index in [0.717, 1.165) is 25.9 Å². The van der Waals surface area contributed by atoms with Crippen LogP contribution in [0.1, 0.15) is 18.4 Å². The van der Waals surface area contributed by atoms with Crippen LogP contribution in [0.15, 0.2) is 24.3 Å². The highest BCUT2D eigenvalue weighted by molar-refractivity contribution is 5.92. The van der Waals surface area contributed by atoms with Crippen LogP contribution in [-0.4, -0.2) is 43.5 Å². The van der Waals surface area contributed by atoms with Crippen LogP contribution < -0.4 is 10.6 Å². The fourth-order valence-electron chi connectivity index (χ4n) is 2.62. The minimum absolute atomic E-state index is 0.0249. The summed E-state index contributed by atoms with van der Waals surface area (Å²) in [5, 5.41) is 14.9. The number of carbonyl (C=O) groups is 1. The topological polar surface area (TPSA) is 68.2 Å². The van der Waals surface area contributed by atoms with E-state index in [0.29, 0.717) is 23.8 Å². The van der Waals surface area contributed by atoms with Crippen molar-refractivity contribution in [1.82, 2.24) is 10.2 Å². The minimum Gasteiger partial charge on any atom is -0.325 e. The Labute approximate surface area is 119 Å². The monoisotopic (exact) mass is 272 g/mol. The molecule has 106 valence electrons. The molecule has 1 amide bonds. The fraction of sp³-hybridized carbons (Fsp3) is 0.467. The van der Waals surface area contributed by atoms with Crippen molar-refractivity contribution in [3.05, 3.63) is 29.8 Å². The van der Waals surface area contributed by atoms with E-state index < -0.39 is 0 Å². The van der Waals surface area contributed by atoms with Crippen molar-refractivity contribution >= 4 is 11.6 Å². The van der Waals surface area contributed by atoms with E-state index >= 15 is 0 Å². The van der Waals surface area contributed by atoms with E-state index in [4.69, 9.17) is 5.26 Å². The van der Waals surface area contributed by atoms with Gasteiger partial charge in [-0.3, -0.25) is 9.69 Å². The summed E-state index contributed by atoms with van der Waals surface area (Å²) < 4.78 is 0. The molecule has 0 radical (unpaired) electrons. The van der Waals surface area contributed by atoms with Gasteiger partial charge in [0.1, 0.15) is 0 Å². The predicted molar refractivity (Wildman–Crippen MR) is 78.3 cm³/mol. The Morgan fingerprint density at radius 1 is 1.55 bits per heavy atom. The van der Waals surface area contributed by atoms with Gasteiger partial charge in [0.25, 0.3) is 0 Å². The Bertz CT molecular complexity index is 509. The van der Waals surface area contributed by atoms with E-state index in [-0.39, 0.29) is 5.91 Å². The number of rotatable bonds is 5. The summed E-state index contributed by atoms with van der Waals surface area (Å²) >= 11 is 0. The lowest BCUT2D eigenvalue weighted by Gasteiger charge is -2.23. The normalized spacial score (nSPS) is 18.7. The highest BCUT2D eigenvalue weighted by Gasteiger charge is 2.25. The second-order valence-corrected chi connectivity index (χ2v) is 5.06. The summed E-state index contributed by atoms with van der Waals surface area (Å²) in [6.45, 7) is 2.29. The molecule has 1 aliphatic heterocycles. The highest BCUT2D eigenvalue weighted by atomic mass is 16.2. The van der Waals surface area contributed by atoms with Gasteiger partial charge in [-0.1, -0.05) is 6.07 Å². The lowest BCUT2D eigenvalue weighted by molar-refractivity contribution is -0.117. The van der Waals surface area contributed by atoms with Crippen LogP contribution in [0.2, 0.25) is 0 Å². The molecule has 2 N–H and O–H groups in total. The van der Waals surface area contributed by atoms with E-state index in [1.807, 2.05) is 7.05 Å². The summed E-state index contributed by atoms with van der Waals surface area (Å²) in [5.74, 6) is -0.0249. The largest absolute Gasteiger partial charge is 0.325 e. The Hall–Kier alpha value is -1.90. The van der Waals surface area contributed by atoms with Crippen LogP contribution in [0.4, 0.5) is 5.69 Å². The average molecular weight is 272 g/mol. The van der Waals surface area contributed by atoms with Gasteiger partial charge in [-0.2, -0.15) is 5.26 Å². The van der Waals surface area contributed by atoms with Gasteiger partial charge < -0.3 is 10.6 Å². The number of amides is 1. The molecule has 0 saturated carbocycles. The molecule has 1 unspecified atom stereocenters. The average Bonchev–Trinajstić information content (AvgIpc) is 2.86. The van der Waals surface area contributed by atoms with Crippen molar-refractivity contribution in [2.24, 2.45) is 0 Å². The summed E-state index contributed by atoms with van der Waals surface area (Å²) in [5.41, 5.74) is 1.23. The first-order chi connectivity index (χ1) is 9.72. The third kappa shape index (κ3) is 3.80. The Balaban J connectivity index is 1.90. The van der Waals surface area contributed by atoms with Crippen molar-refractivity contribution in [2.75, 3.05) is 32.0 Å². The third-order valence-electron chi connectivity index (χ3n) is 3.56. The zero-order chi connectivity index (χ0) is 14.4. The number of hydrogen-bond donors (Lipinski definition) is 2. The zero-order valence-electron chi connectivity index (χ0n) is 11.7. The van der Waals surface area contributed by atoms with Crippen molar-refractivity contribution in [3.8, 4) is 6.07 Å². The summed E-state index contributed by atoms with van der Waals surface area (Å²) in [6, 6.07) is 9.49. The molecule has 1 heterocycles. The zero-order valence-corrected chi connectivity index (χ0v) is 11.7. The number of anilines is 1. The van der Waals surface area contributed by atoms with Crippen LogP contribution in [0.25, 0.3) is 0 Å². The number of nitrogens with zero attached hydrogens (tertiary/aromatic N) is 2. The van der Waals surface area contributed by atoms with E-state index in [1.54, 1.807) is 24.3 Å². The molecule has 1 aliphatic rings. The first kappa shape index (κ1) is 14.5. The van der Waals surface area contributed by atoms with Crippen LogP contribution in [0.3, 0.4) is 0 Å². The maximum Gasteiger partial charge on any atom is 0.238 e. The first-order valence-electron chi connectivity index (χ1n) is 6.91. The van der Waals surface area contributed by atoms with Crippen LogP contribution in [0.5, 0.6) is 0 Å². The maximum absolute atomic E-state index is 12.1. The molecule has 0 aliphatic carbocycles. The number of likely N-dealkylation sites (N-methyl/N-ethyl adjacent to an activating group) is 1. The molecular formula is C15H20N4O. The quantitative estimate of drug-likeness (QED) is 0.844.